The minimum Gasteiger partial charge on any atom is -0.342 e. The molecule has 0 aromatic carbocycles. The zero-order chi connectivity index (χ0) is 13.0. The van der Waals surface area contributed by atoms with Gasteiger partial charge in [0.15, 0.2) is 0 Å². The van der Waals surface area contributed by atoms with Crippen LogP contribution in [0.15, 0.2) is 11.4 Å². The Kier molecular flexibility index (Phi) is 4.81. The van der Waals surface area contributed by atoms with E-state index in [4.69, 9.17) is 0 Å². The second-order valence-corrected chi connectivity index (χ2v) is 6.13. The SMILES string of the molecule is CCCN(CCC)C(=O)C1CCc2ccsc2C1. The second kappa shape index (κ2) is 6.37. The van der Waals surface area contributed by atoms with Crippen molar-refractivity contribution >= 4 is 17.2 Å². The van der Waals surface area contributed by atoms with E-state index in [1.807, 2.05) is 11.3 Å². The number of thiophene rings is 1. The van der Waals surface area contributed by atoms with E-state index in [1.54, 1.807) is 0 Å². The smallest absolute Gasteiger partial charge is 0.226 e. The summed E-state index contributed by atoms with van der Waals surface area (Å²) in [5.41, 5.74) is 1.47. The van der Waals surface area contributed by atoms with Crippen molar-refractivity contribution in [3.63, 3.8) is 0 Å². The molecule has 0 fully saturated rings. The van der Waals surface area contributed by atoms with Gasteiger partial charge in [-0.3, -0.25) is 4.79 Å². The third-order valence-electron chi connectivity index (χ3n) is 3.68. The number of hydrogen-bond donors (Lipinski definition) is 0. The number of carbonyl (C=O) groups excluding carboxylic acids is 1. The summed E-state index contributed by atoms with van der Waals surface area (Å²) >= 11 is 1.81. The van der Waals surface area contributed by atoms with Crippen LogP contribution in [0.25, 0.3) is 0 Å². The molecular formula is C15H23NOS. The van der Waals surface area contributed by atoms with Crippen molar-refractivity contribution in [2.45, 2.75) is 46.0 Å². The van der Waals surface area contributed by atoms with E-state index < -0.39 is 0 Å². The number of rotatable bonds is 5. The molecule has 0 N–H and O–H groups in total. The molecule has 0 bridgehead atoms. The van der Waals surface area contributed by atoms with Crippen LogP contribution >= 0.6 is 11.3 Å². The summed E-state index contributed by atoms with van der Waals surface area (Å²) in [6, 6.07) is 2.22. The molecule has 2 rings (SSSR count). The van der Waals surface area contributed by atoms with Crippen molar-refractivity contribution in [2.24, 2.45) is 5.92 Å². The van der Waals surface area contributed by atoms with Crippen LogP contribution in [0.4, 0.5) is 0 Å². The first-order valence-electron chi connectivity index (χ1n) is 7.10. The highest BCUT2D eigenvalue weighted by molar-refractivity contribution is 7.10. The maximum absolute atomic E-state index is 12.5. The van der Waals surface area contributed by atoms with Crippen LogP contribution in [-0.4, -0.2) is 23.9 Å². The van der Waals surface area contributed by atoms with Gasteiger partial charge in [-0.2, -0.15) is 0 Å². The van der Waals surface area contributed by atoms with Gasteiger partial charge >= 0.3 is 0 Å². The highest BCUT2D eigenvalue weighted by Crippen LogP contribution is 2.30. The van der Waals surface area contributed by atoms with E-state index in [0.717, 1.165) is 45.2 Å². The molecule has 0 saturated carbocycles. The first-order chi connectivity index (χ1) is 8.76. The van der Waals surface area contributed by atoms with Gasteiger partial charge in [0.2, 0.25) is 5.91 Å². The fourth-order valence-electron chi connectivity index (χ4n) is 2.77. The van der Waals surface area contributed by atoms with Crippen molar-refractivity contribution in [2.75, 3.05) is 13.1 Å². The van der Waals surface area contributed by atoms with Gasteiger partial charge in [-0.15, -0.1) is 11.3 Å². The van der Waals surface area contributed by atoms with Crippen molar-refractivity contribution in [1.82, 2.24) is 4.90 Å². The van der Waals surface area contributed by atoms with Gasteiger partial charge in [0.05, 0.1) is 0 Å². The molecule has 3 heteroatoms. The number of carbonyl (C=O) groups is 1. The lowest BCUT2D eigenvalue weighted by atomic mass is 9.88. The fourth-order valence-corrected chi connectivity index (χ4v) is 3.78. The molecule has 1 heterocycles. The number of fused-ring (bicyclic) bond motifs is 1. The molecule has 100 valence electrons. The maximum atomic E-state index is 12.5. The summed E-state index contributed by atoms with van der Waals surface area (Å²) in [4.78, 5) is 16.1. The highest BCUT2D eigenvalue weighted by atomic mass is 32.1. The topological polar surface area (TPSA) is 20.3 Å². The largest absolute Gasteiger partial charge is 0.342 e. The molecule has 0 aliphatic heterocycles. The molecule has 0 radical (unpaired) electrons. The predicted octanol–water partition coefficient (Wildman–Crippen LogP) is 3.50. The van der Waals surface area contributed by atoms with Gasteiger partial charge < -0.3 is 4.90 Å². The molecule has 1 aliphatic rings. The van der Waals surface area contributed by atoms with Crippen LogP contribution in [0.2, 0.25) is 0 Å². The van der Waals surface area contributed by atoms with E-state index in [9.17, 15) is 4.79 Å². The van der Waals surface area contributed by atoms with E-state index in [0.29, 0.717) is 5.91 Å². The summed E-state index contributed by atoms with van der Waals surface area (Å²) in [5, 5.41) is 2.16. The molecular weight excluding hydrogens is 242 g/mol. The Morgan fingerprint density at radius 3 is 2.78 bits per heavy atom. The van der Waals surface area contributed by atoms with E-state index in [1.165, 1.54) is 10.4 Å². The highest BCUT2D eigenvalue weighted by Gasteiger charge is 2.28. The van der Waals surface area contributed by atoms with Crippen molar-refractivity contribution in [3.05, 3.63) is 21.9 Å². The lowest BCUT2D eigenvalue weighted by molar-refractivity contribution is -0.136. The molecule has 1 atom stereocenters. The van der Waals surface area contributed by atoms with E-state index >= 15 is 0 Å². The van der Waals surface area contributed by atoms with Gasteiger partial charge in [0.25, 0.3) is 0 Å². The summed E-state index contributed by atoms with van der Waals surface area (Å²) < 4.78 is 0. The average Bonchev–Trinajstić information content (AvgIpc) is 2.84. The van der Waals surface area contributed by atoms with Crippen LogP contribution in [0.5, 0.6) is 0 Å². The van der Waals surface area contributed by atoms with Gasteiger partial charge in [-0.1, -0.05) is 13.8 Å². The number of hydrogen-bond acceptors (Lipinski definition) is 2. The Bertz CT molecular complexity index is 393. The summed E-state index contributed by atoms with van der Waals surface area (Å²) in [7, 11) is 0. The minimum atomic E-state index is 0.231. The van der Waals surface area contributed by atoms with Crippen molar-refractivity contribution in [1.29, 1.82) is 0 Å². The second-order valence-electron chi connectivity index (χ2n) is 5.13. The molecule has 1 aromatic rings. The maximum Gasteiger partial charge on any atom is 0.226 e. The van der Waals surface area contributed by atoms with Crippen LogP contribution in [-0.2, 0) is 17.6 Å². The molecule has 1 amide bonds. The molecule has 0 spiro atoms. The number of nitrogens with zero attached hydrogens (tertiary/aromatic N) is 1. The quantitative estimate of drug-likeness (QED) is 0.798. The monoisotopic (exact) mass is 265 g/mol. The van der Waals surface area contributed by atoms with Crippen molar-refractivity contribution in [3.8, 4) is 0 Å². The molecule has 0 saturated heterocycles. The lowest BCUT2D eigenvalue weighted by Gasteiger charge is -2.29. The molecule has 1 unspecified atom stereocenters. The molecule has 1 aromatic heterocycles. The molecule has 2 nitrogen and oxygen atoms in total. The van der Waals surface area contributed by atoms with Crippen LogP contribution in [0.1, 0.15) is 43.6 Å². The zero-order valence-electron chi connectivity index (χ0n) is 11.4. The summed E-state index contributed by atoms with van der Waals surface area (Å²) in [5.74, 6) is 0.618. The standard InChI is InChI=1S/C15H23NOS/c1-3-8-16(9-4-2)15(17)13-6-5-12-7-10-18-14(12)11-13/h7,10,13H,3-6,8-9,11H2,1-2H3. The average molecular weight is 265 g/mol. The van der Waals surface area contributed by atoms with Gasteiger partial charge in [0.1, 0.15) is 0 Å². The molecule has 1 aliphatic carbocycles. The first-order valence-corrected chi connectivity index (χ1v) is 7.98. The van der Waals surface area contributed by atoms with Crippen molar-refractivity contribution < 1.29 is 4.79 Å². The zero-order valence-corrected chi connectivity index (χ0v) is 12.3. The van der Waals surface area contributed by atoms with Gasteiger partial charge in [0, 0.05) is 23.9 Å². The Balaban J connectivity index is 2.01. The Labute approximate surface area is 114 Å². The number of aryl methyl sites for hydroxylation is 1. The fraction of sp³-hybridized carbons (Fsp3) is 0.667. The Morgan fingerprint density at radius 1 is 1.39 bits per heavy atom. The van der Waals surface area contributed by atoms with Gasteiger partial charge in [-0.25, -0.2) is 0 Å². The predicted molar refractivity (Wildman–Crippen MR) is 77.0 cm³/mol. The van der Waals surface area contributed by atoms with Crippen LogP contribution in [0.3, 0.4) is 0 Å². The molecule has 18 heavy (non-hydrogen) atoms. The third-order valence-corrected chi connectivity index (χ3v) is 4.67. The first kappa shape index (κ1) is 13.6. The van der Waals surface area contributed by atoms with E-state index in [2.05, 4.69) is 30.2 Å². The van der Waals surface area contributed by atoms with E-state index in [-0.39, 0.29) is 5.92 Å². The lowest BCUT2D eigenvalue weighted by Crippen LogP contribution is -2.39. The van der Waals surface area contributed by atoms with Crippen LogP contribution in [0, 0.1) is 5.92 Å². The summed E-state index contributed by atoms with van der Waals surface area (Å²) in [6.07, 6.45) is 5.20. The van der Waals surface area contributed by atoms with Gasteiger partial charge in [-0.05, 0) is 49.1 Å². The summed E-state index contributed by atoms with van der Waals surface area (Å²) in [6.45, 7) is 6.13. The normalized spacial score (nSPS) is 18.4. The third kappa shape index (κ3) is 2.94. The number of amides is 1. The Morgan fingerprint density at radius 2 is 2.11 bits per heavy atom. The Hall–Kier alpha value is -0.830. The van der Waals surface area contributed by atoms with Crippen LogP contribution < -0.4 is 0 Å². The minimum absolute atomic E-state index is 0.231.